The Labute approximate surface area is 160 Å². The van der Waals surface area contributed by atoms with Crippen LogP contribution in [0.25, 0.3) is 12.2 Å². The summed E-state index contributed by atoms with van der Waals surface area (Å²) in [6.07, 6.45) is 5.99. The first kappa shape index (κ1) is 20.0. The zero-order valence-corrected chi connectivity index (χ0v) is 16.1. The molecule has 0 aliphatic heterocycles. The van der Waals surface area contributed by atoms with E-state index in [0.717, 1.165) is 35.5 Å². The average Bonchev–Trinajstić information content (AvgIpc) is 2.69. The summed E-state index contributed by atoms with van der Waals surface area (Å²) in [7, 11) is 0. The van der Waals surface area contributed by atoms with Crippen LogP contribution in [-0.4, -0.2) is 17.3 Å². The van der Waals surface area contributed by atoms with Crippen LogP contribution in [0.15, 0.2) is 48.5 Å². The standard InChI is InChI=1S/C21H25NO3S/c1-3-21(4-2,16-26)15-25-20-13-9-18(10-14-20)6-5-17-7-11-19(12-8-17)22(23)24/h5-14,26H,3-4,15-16H2,1-2H3. The molecule has 0 unspecified atom stereocenters. The van der Waals surface area contributed by atoms with Gasteiger partial charge in [-0.3, -0.25) is 10.1 Å². The van der Waals surface area contributed by atoms with Gasteiger partial charge in [0.2, 0.25) is 0 Å². The first-order valence-corrected chi connectivity index (χ1v) is 9.41. The maximum Gasteiger partial charge on any atom is 0.269 e. The van der Waals surface area contributed by atoms with Gasteiger partial charge in [0.25, 0.3) is 5.69 Å². The third kappa shape index (κ3) is 5.36. The fraction of sp³-hybridized carbons (Fsp3) is 0.333. The summed E-state index contributed by atoms with van der Waals surface area (Å²) >= 11 is 4.48. The molecule has 0 N–H and O–H groups in total. The van der Waals surface area contributed by atoms with Gasteiger partial charge in [-0.2, -0.15) is 12.6 Å². The van der Waals surface area contributed by atoms with Crippen molar-refractivity contribution in [3.8, 4) is 5.75 Å². The van der Waals surface area contributed by atoms with E-state index < -0.39 is 4.92 Å². The van der Waals surface area contributed by atoms with E-state index >= 15 is 0 Å². The minimum absolute atomic E-state index is 0.0973. The van der Waals surface area contributed by atoms with Gasteiger partial charge in [0.05, 0.1) is 11.5 Å². The quantitative estimate of drug-likeness (QED) is 0.259. The maximum atomic E-state index is 10.7. The van der Waals surface area contributed by atoms with Gasteiger partial charge >= 0.3 is 0 Å². The smallest absolute Gasteiger partial charge is 0.269 e. The lowest BCUT2D eigenvalue weighted by Crippen LogP contribution is -2.29. The molecule has 5 heteroatoms. The van der Waals surface area contributed by atoms with Gasteiger partial charge in [-0.1, -0.05) is 38.1 Å². The van der Waals surface area contributed by atoms with Gasteiger partial charge in [0, 0.05) is 17.5 Å². The number of nitro groups is 1. The number of hydrogen-bond donors (Lipinski definition) is 1. The molecular formula is C21H25NO3S. The molecule has 2 rings (SSSR count). The minimum Gasteiger partial charge on any atom is -0.493 e. The summed E-state index contributed by atoms with van der Waals surface area (Å²) in [4.78, 5) is 10.3. The first-order chi connectivity index (χ1) is 12.5. The largest absolute Gasteiger partial charge is 0.493 e. The summed E-state index contributed by atoms with van der Waals surface area (Å²) in [6.45, 7) is 5.02. The van der Waals surface area contributed by atoms with E-state index in [1.54, 1.807) is 12.1 Å². The summed E-state index contributed by atoms with van der Waals surface area (Å²) in [6, 6.07) is 14.4. The lowest BCUT2D eigenvalue weighted by Gasteiger charge is -2.29. The van der Waals surface area contributed by atoms with Gasteiger partial charge in [-0.05, 0) is 54.0 Å². The van der Waals surface area contributed by atoms with Crippen LogP contribution in [0.2, 0.25) is 0 Å². The van der Waals surface area contributed by atoms with Crippen LogP contribution in [0.5, 0.6) is 5.75 Å². The fourth-order valence-corrected chi connectivity index (χ4v) is 3.07. The summed E-state index contributed by atoms with van der Waals surface area (Å²) in [5.74, 6) is 1.67. The molecule has 0 atom stereocenters. The van der Waals surface area contributed by atoms with Crippen molar-refractivity contribution in [3.05, 3.63) is 69.8 Å². The number of hydrogen-bond acceptors (Lipinski definition) is 4. The molecule has 0 radical (unpaired) electrons. The highest BCUT2D eigenvalue weighted by Gasteiger charge is 2.25. The van der Waals surface area contributed by atoms with Crippen LogP contribution in [0.1, 0.15) is 37.8 Å². The van der Waals surface area contributed by atoms with Crippen molar-refractivity contribution < 1.29 is 9.66 Å². The highest BCUT2D eigenvalue weighted by molar-refractivity contribution is 7.80. The van der Waals surface area contributed by atoms with Crippen molar-refractivity contribution in [2.24, 2.45) is 5.41 Å². The number of benzene rings is 2. The third-order valence-corrected chi connectivity index (χ3v) is 5.50. The molecule has 0 aromatic heterocycles. The van der Waals surface area contributed by atoms with Gasteiger partial charge in [0.1, 0.15) is 5.75 Å². The number of rotatable bonds is 9. The molecule has 0 saturated heterocycles. The van der Waals surface area contributed by atoms with Crippen molar-refractivity contribution >= 4 is 30.5 Å². The summed E-state index contributed by atoms with van der Waals surface area (Å²) in [5, 5.41) is 10.7. The fourth-order valence-electron chi connectivity index (χ4n) is 2.53. The van der Waals surface area contributed by atoms with E-state index in [-0.39, 0.29) is 11.1 Å². The van der Waals surface area contributed by atoms with E-state index in [0.29, 0.717) is 6.61 Å². The Kier molecular flexibility index (Phi) is 7.27. The molecule has 0 spiro atoms. The number of ether oxygens (including phenoxy) is 1. The topological polar surface area (TPSA) is 52.4 Å². The number of nitro benzene ring substituents is 1. The minimum atomic E-state index is -0.397. The Morgan fingerprint density at radius 3 is 1.92 bits per heavy atom. The molecule has 138 valence electrons. The highest BCUT2D eigenvalue weighted by Crippen LogP contribution is 2.29. The molecule has 0 saturated carbocycles. The highest BCUT2D eigenvalue weighted by atomic mass is 32.1. The molecule has 0 amide bonds. The molecule has 0 aliphatic rings. The van der Waals surface area contributed by atoms with Crippen molar-refractivity contribution in [1.82, 2.24) is 0 Å². The second kappa shape index (κ2) is 9.43. The average molecular weight is 372 g/mol. The van der Waals surface area contributed by atoms with Gasteiger partial charge in [-0.15, -0.1) is 0 Å². The van der Waals surface area contributed by atoms with Gasteiger partial charge in [0.15, 0.2) is 0 Å². The molecule has 2 aromatic rings. The van der Waals surface area contributed by atoms with Crippen molar-refractivity contribution in [2.75, 3.05) is 12.4 Å². The Morgan fingerprint density at radius 1 is 1.00 bits per heavy atom. The lowest BCUT2D eigenvalue weighted by molar-refractivity contribution is -0.384. The number of nitrogens with zero attached hydrogens (tertiary/aromatic N) is 1. The van der Waals surface area contributed by atoms with E-state index in [1.165, 1.54) is 12.1 Å². The van der Waals surface area contributed by atoms with Crippen LogP contribution < -0.4 is 4.74 Å². The van der Waals surface area contributed by atoms with Crippen LogP contribution >= 0.6 is 12.6 Å². The van der Waals surface area contributed by atoms with E-state index in [9.17, 15) is 10.1 Å². The monoisotopic (exact) mass is 371 g/mol. The number of thiol groups is 1. The molecule has 4 nitrogen and oxygen atoms in total. The summed E-state index contributed by atoms with van der Waals surface area (Å²) in [5.41, 5.74) is 2.18. The second-order valence-electron chi connectivity index (χ2n) is 6.40. The molecular weight excluding hydrogens is 346 g/mol. The Balaban J connectivity index is 1.97. The Bertz CT molecular complexity index is 727. The Hall–Kier alpha value is -2.27. The predicted molar refractivity (Wildman–Crippen MR) is 111 cm³/mol. The number of non-ortho nitro benzene ring substituents is 1. The predicted octanol–water partition coefficient (Wildman–Crippen LogP) is 5.88. The molecule has 0 aliphatic carbocycles. The van der Waals surface area contributed by atoms with Crippen LogP contribution in [0.3, 0.4) is 0 Å². The Morgan fingerprint density at radius 2 is 1.50 bits per heavy atom. The van der Waals surface area contributed by atoms with Crippen molar-refractivity contribution in [2.45, 2.75) is 26.7 Å². The van der Waals surface area contributed by atoms with Crippen LogP contribution in [0, 0.1) is 15.5 Å². The lowest BCUT2D eigenvalue weighted by atomic mass is 9.85. The third-order valence-electron chi connectivity index (χ3n) is 4.83. The van der Waals surface area contributed by atoms with E-state index in [2.05, 4.69) is 26.5 Å². The summed E-state index contributed by atoms with van der Waals surface area (Å²) < 4.78 is 5.96. The first-order valence-electron chi connectivity index (χ1n) is 8.78. The van der Waals surface area contributed by atoms with Crippen molar-refractivity contribution in [1.29, 1.82) is 0 Å². The maximum absolute atomic E-state index is 10.7. The molecule has 0 fully saturated rings. The van der Waals surface area contributed by atoms with E-state index in [4.69, 9.17) is 4.74 Å². The van der Waals surface area contributed by atoms with E-state index in [1.807, 2.05) is 36.4 Å². The van der Waals surface area contributed by atoms with Gasteiger partial charge in [-0.25, -0.2) is 0 Å². The molecule has 26 heavy (non-hydrogen) atoms. The van der Waals surface area contributed by atoms with Crippen LogP contribution in [-0.2, 0) is 0 Å². The normalized spacial score (nSPS) is 11.7. The zero-order chi connectivity index (χ0) is 19.0. The van der Waals surface area contributed by atoms with Gasteiger partial charge < -0.3 is 4.74 Å². The zero-order valence-electron chi connectivity index (χ0n) is 15.2. The molecule has 2 aromatic carbocycles. The molecule has 0 heterocycles. The van der Waals surface area contributed by atoms with Crippen molar-refractivity contribution in [3.63, 3.8) is 0 Å². The second-order valence-corrected chi connectivity index (χ2v) is 6.72. The van der Waals surface area contributed by atoms with Crippen LogP contribution in [0.4, 0.5) is 5.69 Å². The molecule has 0 bridgehead atoms. The SMILES string of the molecule is CCC(CC)(CS)COc1ccc(C=Cc2ccc([N+](=O)[O-])cc2)cc1.